The minimum Gasteiger partial charge on any atom is -0.454 e. The summed E-state index contributed by atoms with van der Waals surface area (Å²) in [6.07, 6.45) is 0. The first-order valence-electron chi connectivity index (χ1n) is 33.0. The molecule has 0 bridgehead atoms. The molecule has 4 nitrogen and oxygen atoms in total. The molecule has 14 aromatic carbocycles. The summed E-state index contributed by atoms with van der Waals surface area (Å²) in [5.41, 5.74) is 21.8. The molecule has 0 saturated carbocycles. The molecule has 2 unspecified atom stereocenters. The molecule has 16 aromatic rings. The second kappa shape index (κ2) is 20.7. The van der Waals surface area contributed by atoms with E-state index in [2.05, 4.69) is 355 Å². The number of hydrogen-bond acceptors (Lipinski definition) is 4. The summed E-state index contributed by atoms with van der Waals surface area (Å²) in [5.74, 6) is 0. The largest absolute Gasteiger partial charge is 0.454 e. The smallest absolute Gasteiger partial charge is 0.159 e. The van der Waals surface area contributed by atoms with Crippen LogP contribution in [0.2, 0.25) is 0 Å². The Bertz CT molecular complexity index is 5390. The number of nitrogens with zero attached hydrogens (tertiary/aromatic N) is 2. The second-order valence-corrected chi connectivity index (χ2v) is 27.8. The Morgan fingerprint density at radius 1 is 0.255 bits per heavy atom. The number of benzene rings is 14. The van der Waals surface area contributed by atoms with E-state index in [0.717, 1.165) is 111 Å². The fourth-order valence-electron chi connectivity index (χ4n) is 17.7. The normalized spacial score (nSPS) is 15.9. The molecular formula is C90H68N2O2. The van der Waals surface area contributed by atoms with Gasteiger partial charge in [-0.3, -0.25) is 0 Å². The Morgan fingerprint density at radius 3 is 1.00 bits per heavy atom. The van der Waals surface area contributed by atoms with Gasteiger partial charge in [0.2, 0.25) is 0 Å². The predicted molar refractivity (Wildman–Crippen MR) is 394 cm³/mol. The number of hydrogen-bond donors (Lipinski definition) is 0. The highest BCUT2D eigenvalue weighted by Gasteiger charge is 2.71. The molecule has 0 saturated heterocycles. The molecule has 0 spiro atoms. The molecule has 18 rings (SSSR count). The van der Waals surface area contributed by atoms with Crippen molar-refractivity contribution < 1.29 is 8.83 Å². The molecule has 94 heavy (non-hydrogen) atoms. The van der Waals surface area contributed by atoms with Crippen LogP contribution < -0.4 is 9.80 Å². The van der Waals surface area contributed by atoms with Crippen LogP contribution in [0.5, 0.6) is 0 Å². The maximum absolute atomic E-state index is 7.14. The number of anilines is 6. The molecule has 2 aliphatic rings. The van der Waals surface area contributed by atoms with Gasteiger partial charge in [-0.25, -0.2) is 0 Å². The zero-order valence-electron chi connectivity index (χ0n) is 53.6. The van der Waals surface area contributed by atoms with Crippen molar-refractivity contribution in [3.05, 3.63) is 326 Å². The SMILES string of the molecule is CC(C)(C)C1(C2(C(C)(C)C)c3ccccc3-c3c2cc(N(c2cccc(-c4ccccc4)c2)c2cccc4c2oc2ccccc24)c2ccccc32)c2ccccc2-c2c1cc(N(c1cccc(-c3ccccc3)c1)c1cccc3c1oc1ccccc13)c1ccccc21. The van der Waals surface area contributed by atoms with Gasteiger partial charge in [0.15, 0.2) is 11.2 Å². The highest BCUT2D eigenvalue weighted by atomic mass is 16.3. The van der Waals surface area contributed by atoms with Crippen LogP contribution in [0.25, 0.3) is 110 Å². The maximum atomic E-state index is 7.14. The minimum atomic E-state index is -0.802. The average Bonchev–Trinajstić information content (AvgIpc) is 1.44. The summed E-state index contributed by atoms with van der Waals surface area (Å²) in [4.78, 5) is 5.03. The van der Waals surface area contributed by atoms with E-state index in [1.807, 2.05) is 0 Å². The minimum absolute atomic E-state index is 0.498. The molecule has 0 amide bonds. The lowest BCUT2D eigenvalue weighted by molar-refractivity contribution is 0.0595. The van der Waals surface area contributed by atoms with Gasteiger partial charge < -0.3 is 18.6 Å². The number of fused-ring (bicyclic) bond motifs is 16. The van der Waals surface area contributed by atoms with Crippen LogP contribution in [0.3, 0.4) is 0 Å². The Labute approximate surface area is 548 Å². The van der Waals surface area contributed by atoms with Gasteiger partial charge in [-0.1, -0.05) is 284 Å². The van der Waals surface area contributed by atoms with E-state index in [1.54, 1.807) is 0 Å². The summed E-state index contributed by atoms with van der Waals surface area (Å²) in [6, 6.07) is 113. The summed E-state index contributed by atoms with van der Waals surface area (Å²) >= 11 is 0. The lowest BCUT2D eigenvalue weighted by atomic mass is 9.39. The van der Waals surface area contributed by atoms with Gasteiger partial charge in [-0.2, -0.15) is 0 Å². The lowest BCUT2D eigenvalue weighted by Crippen LogP contribution is -2.62. The van der Waals surface area contributed by atoms with Crippen LogP contribution in [0, 0.1) is 10.8 Å². The van der Waals surface area contributed by atoms with Gasteiger partial charge in [0, 0.05) is 54.5 Å². The molecule has 2 heterocycles. The van der Waals surface area contributed by atoms with Gasteiger partial charge in [0.1, 0.15) is 11.2 Å². The third-order valence-corrected chi connectivity index (χ3v) is 21.0. The van der Waals surface area contributed by atoms with Gasteiger partial charge in [-0.15, -0.1) is 0 Å². The van der Waals surface area contributed by atoms with Crippen molar-refractivity contribution in [1.29, 1.82) is 0 Å². The molecule has 0 fully saturated rings. The molecule has 0 N–H and O–H groups in total. The Kier molecular flexibility index (Phi) is 12.2. The molecule has 2 aromatic heterocycles. The number of rotatable bonds is 9. The van der Waals surface area contributed by atoms with Crippen molar-refractivity contribution in [3.63, 3.8) is 0 Å². The first-order chi connectivity index (χ1) is 45.9. The fraction of sp³-hybridized carbons (Fsp3) is 0.111. The van der Waals surface area contributed by atoms with Gasteiger partial charge in [0.25, 0.3) is 0 Å². The quantitative estimate of drug-likeness (QED) is 0.144. The lowest BCUT2D eigenvalue weighted by Gasteiger charge is -2.62. The summed E-state index contributed by atoms with van der Waals surface area (Å²) in [5, 5.41) is 9.03. The Hall–Kier alpha value is -11.2. The second-order valence-electron chi connectivity index (χ2n) is 27.8. The first-order valence-corrected chi connectivity index (χ1v) is 33.0. The Morgan fingerprint density at radius 2 is 0.585 bits per heavy atom. The molecule has 2 atom stereocenters. The van der Waals surface area contributed by atoms with Gasteiger partial charge in [-0.05, 0) is 149 Å². The monoisotopic (exact) mass is 1210 g/mol. The van der Waals surface area contributed by atoms with E-state index in [0.29, 0.717) is 0 Å². The molecular weight excluding hydrogens is 1140 g/mol. The van der Waals surface area contributed by atoms with Crippen molar-refractivity contribution in [2.45, 2.75) is 52.4 Å². The van der Waals surface area contributed by atoms with E-state index >= 15 is 0 Å². The van der Waals surface area contributed by atoms with Gasteiger partial charge in [0.05, 0.1) is 22.7 Å². The van der Waals surface area contributed by atoms with Crippen LogP contribution >= 0.6 is 0 Å². The van der Waals surface area contributed by atoms with Crippen LogP contribution in [-0.2, 0) is 10.8 Å². The molecule has 2 aliphatic carbocycles. The van der Waals surface area contributed by atoms with Crippen LogP contribution in [0.4, 0.5) is 34.1 Å². The standard InChI is InChI=1S/C90H68N2O2/c1-87(2,3)89(73-47-21-17-43-71(73)83-67-41-15-13-37-63(67)79(55-75(83)89)91(61-35-25-33-59(53-61)57-29-9-7-10-30-57)77-49-27-45-69-65-39-19-23-51-81(65)93-85(69)77)90(88(4,5)6)74-48-22-18-44-72(74)84-68-42-16-14-38-64(68)80(56-76(84)90)92(62-36-26-34-60(54-62)58-31-11-8-12-32-58)78-50-28-46-70-66-40-20-24-52-82(66)94-86(70)78/h7-56H,1-6H3. The van der Waals surface area contributed by atoms with E-state index in [1.165, 1.54) is 55.3 Å². The molecule has 4 heteroatoms. The third-order valence-electron chi connectivity index (χ3n) is 21.0. The Balaban J connectivity index is 0.993. The highest BCUT2D eigenvalue weighted by Crippen LogP contribution is 2.76. The zero-order chi connectivity index (χ0) is 63.2. The number of furan rings is 2. The van der Waals surface area contributed by atoms with E-state index in [-0.39, 0.29) is 0 Å². The summed E-state index contributed by atoms with van der Waals surface area (Å²) in [6.45, 7) is 15.2. The van der Waals surface area contributed by atoms with E-state index in [4.69, 9.17) is 8.83 Å². The third kappa shape index (κ3) is 7.74. The van der Waals surface area contributed by atoms with Crippen molar-refractivity contribution in [2.75, 3.05) is 9.80 Å². The predicted octanol–water partition coefficient (Wildman–Crippen LogP) is 25.4. The van der Waals surface area contributed by atoms with Crippen LogP contribution in [0.1, 0.15) is 63.8 Å². The van der Waals surface area contributed by atoms with Gasteiger partial charge >= 0.3 is 0 Å². The van der Waals surface area contributed by atoms with Crippen molar-refractivity contribution in [2.24, 2.45) is 10.8 Å². The van der Waals surface area contributed by atoms with Crippen LogP contribution in [-0.4, -0.2) is 0 Å². The van der Waals surface area contributed by atoms with E-state index in [9.17, 15) is 0 Å². The molecule has 450 valence electrons. The highest BCUT2D eigenvalue weighted by molar-refractivity contribution is 6.17. The fourth-order valence-corrected chi connectivity index (χ4v) is 17.7. The molecule has 0 aliphatic heterocycles. The van der Waals surface area contributed by atoms with E-state index < -0.39 is 21.7 Å². The number of para-hydroxylation sites is 4. The summed E-state index contributed by atoms with van der Waals surface area (Å²) in [7, 11) is 0. The van der Waals surface area contributed by atoms with Crippen molar-refractivity contribution in [3.8, 4) is 44.5 Å². The first kappa shape index (κ1) is 55.6. The van der Waals surface area contributed by atoms with Crippen molar-refractivity contribution >= 4 is 99.5 Å². The summed E-state index contributed by atoms with van der Waals surface area (Å²) < 4.78 is 14.3. The average molecular weight is 1210 g/mol. The maximum Gasteiger partial charge on any atom is 0.159 e. The van der Waals surface area contributed by atoms with Crippen LogP contribution in [0.15, 0.2) is 312 Å². The topological polar surface area (TPSA) is 32.8 Å². The molecule has 0 radical (unpaired) electrons. The zero-order valence-corrected chi connectivity index (χ0v) is 53.6. The van der Waals surface area contributed by atoms with Crippen molar-refractivity contribution in [1.82, 2.24) is 0 Å².